The average molecular weight is 307 g/mol. The van der Waals surface area contributed by atoms with Crippen LogP contribution in [0.3, 0.4) is 0 Å². The van der Waals surface area contributed by atoms with Crippen molar-refractivity contribution in [2.75, 3.05) is 11.9 Å². The first kappa shape index (κ1) is 15.2. The fourth-order valence-electron chi connectivity index (χ4n) is 2.55. The molecule has 0 atom stereocenters. The number of anilines is 1. The van der Waals surface area contributed by atoms with Gasteiger partial charge < -0.3 is 5.32 Å². The molecule has 118 valence electrons. The van der Waals surface area contributed by atoms with Crippen LogP contribution in [0, 0.1) is 20.8 Å². The lowest BCUT2D eigenvalue weighted by Crippen LogP contribution is -2.11. The number of nitrogens with one attached hydrogen (secondary N) is 1. The van der Waals surface area contributed by atoms with Gasteiger partial charge in [0, 0.05) is 24.0 Å². The van der Waals surface area contributed by atoms with Crippen molar-refractivity contribution in [3.8, 4) is 5.95 Å². The lowest BCUT2D eigenvalue weighted by Gasteiger charge is -2.09. The number of benzene rings is 1. The maximum absolute atomic E-state index is 4.59. The zero-order chi connectivity index (χ0) is 16.2. The van der Waals surface area contributed by atoms with Gasteiger partial charge in [0.05, 0.1) is 5.69 Å². The highest BCUT2D eigenvalue weighted by Crippen LogP contribution is 2.12. The van der Waals surface area contributed by atoms with E-state index < -0.39 is 0 Å². The highest BCUT2D eigenvalue weighted by Gasteiger charge is 2.08. The average Bonchev–Trinajstić information content (AvgIpc) is 2.86. The van der Waals surface area contributed by atoms with E-state index in [1.54, 1.807) is 4.68 Å². The first-order valence-electron chi connectivity index (χ1n) is 7.79. The van der Waals surface area contributed by atoms with E-state index in [9.17, 15) is 0 Å². The van der Waals surface area contributed by atoms with Crippen molar-refractivity contribution in [3.63, 3.8) is 0 Å². The van der Waals surface area contributed by atoms with E-state index in [1.165, 1.54) is 5.56 Å². The van der Waals surface area contributed by atoms with Crippen molar-refractivity contribution in [1.29, 1.82) is 0 Å². The third-order valence-corrected chi connectivity index (χ3v) is 3.60. The smallest absolute Gasteiger partial charge is 0.252 e. The van der Waals surface area contributed by atoms with Crippen LogP contribution in [0.4, 0.5) is 5.82 Å². The Hall–Kier alpha value is -2.69. The minimum Gasteiger partial charge on any atom is -0.370 e. The highest BCUT2D eigenvalue weighted by molar-refractivity contribution is 5.39. The molecule has 0 saturated heterocycles. The lowest BCUT2D eigenvalue weighted by atomic mass is 10.1. The summed E-state index contributed by atoms with van der Waals surface area (Å²) in [6.07, 6.45) is 0.957. The van der Waals surface area contributed by atoms with Gasteiger partial charge in [-0.1, -0.05) is 30.3 Å². The molecule has 0 radical (unpaired) electrons. The third kappa shape index (κ3) is 3.74. The van der Waals surface area contributed by atoms with E-state index >= 15 is 0 Å². The van der Waals surface area contributed by atoms with Crippen molar-refractivity contribution >= 4 is 5.82 Å². The summed E-state index contributed by atoms with van der Waals surface area (Å²) < 4.78 is 1.78. The molecule has 3 rings (SSSR count). The molecule has 0 aliphatic rings. The zero-order valence-electron chi connectivity index (χ0n) is 13.7. The van der Waals surface area contributed by atoms with Crippen LogP contribution < -0.4 is 5.32 Å². The van der Waals surface area contributed by atoms with Crippen molar-refractivity contribution < 1.29 is 0 Å². The largest absolute Gasteiger partial charge is 0.370 e. The van der Waals surface area contributed by atoms with Gasteiger partial charge in [0.2, 0.25) is 0 Å². The SMILES string of the molecule is Cc1cc(NCCc2ccccc2)nc(-n2nc(C)cc2C)n1. The molecule has 1 aromatic carbocycles. The van der Waals surface area contributed by atoms with Crippen LogP contribution in [0.25, 0.3) is 5.95 Å². The lowest BCUT2D eigenvalue weighted by molar-refractivity contribution is 0.768. The summed E-state index contributed by atoms with van der Waals surface area (Å²) in [6, 6.07) is 14.4. The molecule has 0 unspecified atom stereocenters. The molecule has 0 aliphatic carbocycles. The molecular formula is C18H21N5. The Balaban J connectivity index is 1.74. The zero-order valence-corrected chi connectivity index (χ0v) is 13.7. The molecule has 5 nitrogen and oxygen atoms in total. The van der Waals surface area contributed by atoms with E-state index in [0.717, 1.165) is 35.9 Å². The fraction of sp³-hybridized carbons (Fsp3) is 0.278. The monoisotopic (exact) mass is 307 g/mol. The second-order valence-corrected chi connectivity index (χ2v) is 5.70. The molecule has 5 heteroatoms. The Kier molecular flexibility index (Phi) is 4.37. The van der Waals surface area contributed by atoms with Crippen LogP contribution in [0.5, 0.6) is 0 Å². The molecule has 3 aromatic rings. The molecule has 0 amide bonds. The molecular weight excluding hydrogens is 286 g/mol. The van der Waals surface area contributed by atoms with Gasteiger partial charge in [-0.25, -0.2) is 9.67 Å². The maximum atomic E-state index is 4.59. The van der Waals surface area contributed by atoms with E-state index in [2.05, 4.69) is 44.6 Å². The summed E-state index contributed by atoms with van der Waals surface area (Å²) in [5.41, 5.74) is 4.23. The van der Waals surface area contributed by atoms with E-state index in [0.29, 0.717) is 5.95 Å². The first-order valence-corrected chi connectivity index (χ1v) is 7.79. The van der Waals surface area contributed by atoms with Crippen LogP contribution in [-0.4, -0.2) is 26.3 Å². The van der Waals surface area contributed by atoms with Gasteiger partial charge in [-0.2, -0.15) is 10.1 Å². The van der Waals surface area contributed by atoms with Gasteiger partial charge in [0.25, 0.3) is 5.95 Å². The van der Waals surface area contributed by atoms with Crippen LogP contribution >= 0.6 is 0 Å². The number of aromatic nitrogens is 4. The number of aryl methyl sites for hydroxylation is 3. The summed E-state index contributed by atoms with van der Waals surface area (Å²) >= 11 is 0. The van der Waals surface area contributed by atoms with E-state index in [4.69, 9.17) is 0 Å². The third-order valence-electron chi connectivity index (χ3n) is 3.60. The topological polar surface area (TPSA) is 55.6 Å². The van der Waals surface area contributed by atoms with Gasteiger partial charge in [0.1, 0.15) is 5.82 Å². The van der Waals surface area contributed by atoms with Crippen LogP contribution in [0.1, 0.15) is 22.6 Å². The molecule has 1 N–H and O–H groups in total. The molecule has 2 heterocycles. The van der Waals surface area contributed by atoms with Crippen molar-refractivity contribution in [2.45, 2.75) is 27.2 Å². The Morgan fingerprint density at radius 3 is 2.43 bits per heavy atom. The van der Waals surface area contributed by atoms with E-state index in [1.807, 2.05) is 39.0 Å². The Morgan fingerprint density at radius 2 is 1.74 bits per heavy atom. The first-order chi connectivity index (χ1) is 11.1. The molecule has 23 heavy (non-hydrogen) atoms. The van der Waals surface area contributed by atoms with Gasteiger partial charge in [-0.3, -0.25) is 0 Å². The van der Waals surface area contributed by atoms with Crippen molar-refractivity contribution in [1.82, 2.24) is 19.7 Å². The quantitative estimate of drug-likeness (QED) is 0.786. The van der Waals surface area contributed by atoms with Gasteiger partial charge in [0.15, 0.2) is 0 Å². The standard InChI is InChI=1S/C18H21N5/c1-13-12-17(19-10-9-16-7-5-4-6-8-16)21-18(20-13)23-15(3)11-14(2)22-23/h4-8,11-12H,9-10H2,1-3H3,(H,19,20,21). The Labute approximate surface area is 136 Å². The van der Waals surface area contributed by atoms with Gasteiger partial charge >= 0.3 is 0 Å². The second kappa shape index (κ2) is 6.60. The number of hydrogen-bond acceptors (Lipinski definition) is 4. The van der Waals surface area contributed by atoms with Crippen LogP contribution in [0.2, 0.25) is 0 Å². The Bertz CT molecular complexity index is 792. The van der Waals surface area contributed by atoms with Crippen molar-refractivity contribution in [3.05, 3.63) is 65.1 Å². The minimum atomic E-state index is 0.609. The molecule has 0 fully saturated rings. The van der Waals surface area contributed by atoms with E-state index in [-0.39, 0.29) is 0 Å². The molecule has 2 aromatic heterocycles. The maximum Gasteiger partial charge on any atom is 0.252 e. The summed E-state index contributed by atoms with van der Waals surface area (Å²) in [7, 11) is 0. The predicted octanol–water partition coefficient (Wildman–Crippen LogP) is 3.24. The summed E-state index contributed by atoms with van der Waals surface area (Å²) in [5, 5.41) is 7.83. The predicted molar refractivity (Wildman–Crippen MR) is 92.0 cm³/mol. The second-order valence-electron chi connectivity index (χ2n) is 5.70. The highest BCUT2D eigenvalue weighted by atomic mass is 15.4. The van der Waals surface area contributed by atoms with Gasteiger partial charge in [-0.05, 0) is 38.8 Å². The molecule has 0 aliphatic heterocycles. The summed E-state index contributed by atoms with van der Waals surface area (Å²) in [5.74, 6) is 1.44. The van der Waals surface area contributed by atoms with Crippen LogP contribution in [0.15, 0.2) is 42.5 Å². The summed E-state index contributed by atoms with van der Waals surface area (Å²) in [4.78, 5) is 9.08. The number of nitrogens with zero attached hydrogens (tertiary/aromatic N) is 4. The van der Waals surface area contributed by atoms with Gasteiger partial charge in [-0.15, -0.1) is 0 Å². The number of rotatable bonds is 5. The normalized spacial score (nSPS) is 10.7. The summed E-state index contributed by atoms with van der Waals surface area (Å²) in [6.45, 7) is 6.78. The fourth-order valence-corrected chi connectivity index (χ4v) is 2.55. The minimum absolute atomic E-state index is 0.609. The molecule has 0 bridgehead atoms. The Morgan fingerprint density at radius 1 is 0.957 bits per heavy atom. The molecule has 0 spiro atoms. The number of hydrogen-bond donors (Lipinski definition) is 1. The molecule has 0 saturated carbocycles. The van der Waals surface area contributed by atoms with Crippen molar-refractivity contribution in [2.24, 2.45) is 0 Å². The van der Waals surface area contributed by atoms with Crippen LogP contribution in [-0.2, 0) is 6.42 Å².